The highest BCUT2D eigenvalue weighted by molar-refractivity contribution is 7.98. The Kier molecular flexibility index (Phi) is 5.83. The summed E-state index contributed by atoms with van der Waals surface area (Å²) in [6.45, 7) is 6.10. The van der Waals surface area contributed by atoms with Crippen molar-refractivity contribution in [1.82, 2.24) is 0 Å². The standard InChI is InChI=1S/C19H22FNOS/c1-19(2,3)12-18(22)21-15-8-6-9-16(11-15)23-13-14-7-4-5-10-17(14)20/h4-11H,12-13H2,1-3H3,(H,21,22). The van der Waals surface area contributed by atoms with Crippen molar-refractivity contribution in [2.45, 2.75) is 37.8 Å². The molecule has 1 amide bonds. The van der Waals surface area contributed by atoms with Gasteiger partial charge in [0, 0.05) is 22.8 Å². The van der Waals surface area contributed by atoms with Crippen LogP contribution in [0.3, 0.4) is 0 Å². The number of hydrogen-bond acceptors (Lipinski definition) is 2. The molecule has 2 aromatic carbocycles. The van der Waals surface area contributed by atoms with Crippen molar-refractivity contribution in [3.63, 3.8) is 0 Å². The van der Waals surface area contributed by atoms with Crippen molar-refractivity contribution < 1.29 is 9.18 Å². The zero-order valence-corrected chi connectivity index (χ0v) is 14.5. The second kappa shape index (κ2) is 7.64. The van der Waals surface area contributed by atoms with Gasteiger partial charge in [-0.1, -0.05) is 45.0 Å². The third-order valence-corrected chi connectivity index (χ3v) is 4.20. The van der Waals surface area contributed by atoms with Gasteiger partial charge in [-0.2, -0.15) is 0 Å². The first kappa shape index (κ1) is 17.5. The molecule has 0 spiro atoms. The molecule has 0 aromatic heterocycles. The largest absolute Gasteiger partial charge is 0.326 e. The summed E-state index contributed by atoms with van der Waals surface area (Å²) in [5.41, 5.74) is 1.42. The van der Waals surface area contributed by atoms with Crippen molar-refractivity contribution in [3.05, 3.63) is 59.9 Å². The van der Waals surface area contributed by atoms with Gasteiger partial charge >= 0.3 is 0 Å². The molecule has 0 bridgehead atoms. The molecular formula is C19H22FNOS. The minimum Gasteiger partial charge on any atom is -0.326 e. The number of rotatable bonds is 5. The summed E-state index contributed by atoms with van der Waals surface area (Å²) in [4.78, 5) is 13.0. The van der Waals surface area contributed by atoms with Gasteiger partial charge < -0.3 is 5.32 Å². The van der Waals surface area contributed by atoms with Crippen LogP contribution in [0.25, 0.3) is 0 Å². The van der Waals surface area contributed by atoms with Crippen LogP contribution in [0.4, 0.5) is 10.1 Å². The molecule has 2 rings (SSSR count). The molecule has 0 radical (unpaired) electrons. The Bertz CT molecular complexity index is 679. The molecule has 23 heavy (non-hydrogen) atoms. The highest BCUT2D eigenvalue weighted by atomic mass is 32.2. The molecule has 2 nitrogen and oxygen atoms in total. The Labute approximate surface area is 141 Å². The van der Waals surface area contributed by atoms with E-state index in [-0.39, 0.29) is 17.1 Å². The van der Waals surface area contributed by atoms with Gasteiger partial charge in [-0.25, -0.2) is 4.39 Å². The van der Waals surface area contributed by atoms with Crippen LogP contribution >= 0.6 is 11.8 Å². The molecule has 1 N–H and O–H groups in total. The summed E-state index contributed by atoms with van der Waals surface area (Å²) in [7, 11) is 0. The van der Waals surface area contributed by atoms with E-state index in [1.165, 1.54) is 6.07 Å². The lowest BCUT2D eigenvalue weighted by molar-refractivity contribution is -0.117. The summed E-state index contributed by atoms with van der Waals surface area (Å²) >= 11 is 1.55. The quantitative estimate of drug-likeness (QED) is 0.734. The van der Waals surface area contributed by atoms with E-state index in [1.807, 2.05) is 51.1 Å². The predicted molar refractivity (Wildman–Crippen MR) is 95.1 cm³/mol. The third kappa shape index (κ3) is 6.06. The van der Waals surface area contributed by atoms with E-state index < -0.39 is 0 Å². The number of anilines is 1. The van der Waals surface area contributed by atoms with E-state index in [1.54, 1.807) is 23.9 Å². The minimum absolute atomic E-state index is 0.00811. The molecule has 4 heteroatoms. The summed E-state index contributed by atoms with van der Waals surface area (Å²) in [5, 5.41) is 2.92. The number of carbonyl (C=O) groups is 1. The van der Waals surface area contributed by atoms with Crippen LogP contribution in [-0.2, 0) is 10.5 Å². The fourth-order valence-electron chi connectivity index (χ4n) is 2.13. The Morgan fingerprint density at radius 2 is 1.87 bits per heavy atom. The van der Waals surface area contributed by atoms with E-state index in [9.17, 15) is 9.18 Å². The van der Waals surface area contributed by atoms with Crippen molar-refractivity contribution >= 4 is 23.4 Å². The predicted octanol–water partition coefficient (Wildman–Crippen LogP) is 5.49. The highest BCUT2D eigenvalue weighted by Crippen LogP contribution is 2.27. The van der Waals surface area contributed by atoms with Gasteiger partial charge in [-0.15, -0.1) is 11.8 Å². The lowest BCUT2D eigenvalue weighted by Gasteiger charge is -2.17. The molecule has 0 aliphatic rings. The van der Waals surface area contributed by atoms with Gasteiger partial charge in [0.2, 0.25) is 5.91 Å². The molecule has 2 aromatic rings. The van der Waals surface area contributed by atoms with Gasteiger partial charge in [0.25, 0.3) is 0 Å². The smallest absolute Gasteiger partial charge is 0.224 e. The normalized spacial score (nSPS) is 11.3. The van der Waals surface area contributed by atoms with E-state index in [0.717, 1.165) is 10.6 Å². The van der Waals surface area contributed by atoms with Gasteiger partial charge in [-0.3, -0.25) is 4.79 Å². The van der Waals surface area contributed by atoms with Crippen molar-refractivity contribution in [1.29, 1.82) is 0 Å². The second-order valence-corrected chi connectivity index (χ2v) is 7.74. The number of thioether (sulfide) groups is 1. The van der Waals surface area contributed by atoms with Crippen LogP contribution in [-0.4, -0.2) is 5.91 Å². The van der Waals surface area contributed by atoms with Gasteiger partial charge in [-0.05, 0) is 35.2 Å². The first-order valence-corrected chi connectivity index (χ1v) is 8.58. The molecule has 0 unspecified atom stereocenters. The summed E-state index contributed by atoms with van der Waals surface area (Å²) in [5.74, 6) is 0.384. The number of halogens is 1. The number of amides is 1. The summed E-state index contributed by atoms with van der Waals surface area (Å²) in [6.07, 6.45) is 0.472. The highest BCUT2D eigenvalue weighted by Gasteiger charge is 2.16. The van der Waals surface area contributed by atoms with E-state index in [2.05, 4.69) is 5.32 Å². The van der Waals surface area contributed by atoms with Crippen LogP contribution in [0, 0.1) is 11.2 Å². The fourth-order valence-corrected chi connectivity index (χ4v) is 3.07. The number of hydrogen-bond donors (Lipinski definition) is 1. The fraction of sp³-hybridized carbons (Fsp3) is 0.316. The van der Waals surface area contributed by atoms with Gasteiger partial charge in [0.1, 0.15) is 5.82 Å². The van der Waals surface area contributed by atoms with Crippen LogP contribution in [0.15, 0.2) is 53.4 Å². The van der Waals surface area contributed by atoms with E-state index in [0.29, 0.717) is 17.7 Å². The van der Waals surface area contributed by atoms with Gasteiger partial charge in [0.15, 0.2) is 0 Å². The number of benzene rings is 2. The van der Waals surface area contributed by atoms with Crippen LogP contribution < -0.4 is 5.32 Å². The molecule has 0 saturated carbocycles. The summed E-state index contributed by atoms with van der Waals surface area (Å²) < 4.78 is 13.6. The van der Waals surface area contributed by atoms with Crippen molar-refractivity contribution in [2.75, 3.05) is 5.32 Å². The zero-order chi connectivity index (χ0) is 16.9. The van der Waals surface area contributed by atoms with Crippen LogP contribution in [0.2, 0.25) is 0 Å². The topological polar surface area (TPSA) is 29.1 Å². The molecule has 0 aliphatic heterocycles. The number of nitrogens with one attached hydrogen (secondary N) is 1. The third-order valence-electron chi connectivity index (χ3n) is 3.16. The molecular weight excluding hydrogens is 309 g/mol. The van der Waals surface area contributed by atoms with E-state index in [4.69, 9.17) is 0 Å². The monoisotopic (exact) mass is 331 g/mol. The van der Waals surface area contributed by atoms with Gasteiger partial charge in [0.05, 0.1) is 0 Å². The maximum Gasteiger partial charge on any atom is 0.224 e. The SMILES string of the molecule is CC(C)(C)CC(=O)Nc1cccc(SCc2ccccc2F)c1. The number of carbonyl (C=O) groups excluding carboxylic acids is 1. The zero-order valence-electron chi connectivity index (χ0n) is 13.7. The Morgan fingerprint density at radius 3 is 2.57 bits per heavy atom. The molecule has 0 aliphatic carbocycles. The van der Waals surface area contributed by atoms with E-state index >= 15 is 0 Å². The Hall–Kier alpha value is -1.81. The maximum absolute atomic E-state index is 13.6. The molecule has 0 heterocycles. The first-order chi connectivity index (χ1) is 10.8. The Morgan fingerprint density at radius 1 is 1.13 bits per heavy atom. The average molecular weight is 331 g/mol. The molecule has 122 valence electrons. The minimum atomic E-state index is -0.186. The van der Waals surface area contributed by atoms with Crippen molar-refractivity contribution in [2.24, 2.45) is 5.41 Å². The second-order valence-electron chi connectivity index (χ2n) is 6.69. The van der Waals surface area contributed by atoms with Crippen molar-refractivity contribution in [3.8, 4) is 0 Å². The summed E-state index contributed by atoms with van der Waals surface area (Å²) in [6, 6.07) is 14.4. The molecule has 0 atom stereocenters. The first-order valence-electron chi connectivity index (χ1n) is 7.60. The lowest BCUT2D eigenvalue weighted by Crippen LogP contribution is -2.19. The Balaban J connectivity index is 1.97. The molecule has 0 fully saturated rings. The van der Waals surface area contributed by atoms with Crippen LogP contribution in [0.1, 0.15) is 32.8 Å². The average Bonchev–Trinajstić information content (AvgIpc) is 2.45. The lowest BCUT2D eigenvalue weighted by atomic mass is 9.92. The maximum atomic E-state index is 13.6. The molecule has 0 saturated heterocycles. The van der Waals surface area contributed by atoms with Crippen LogP contribution in [0.5, 0.6) is 0 Å².